The number of hydrogen-bond donors (Lipinski definition) is 2. The molecule has 3 rings (SSSR count). The van der Waals surface area contributed by atoms with Gasteiger partial charge in [-0.15, -0.1) is 0 Å². The van der Waals surface area contributed by atoms with Gasteiger partial charge in [0.25, 0.3) is 0 Å². The highest BCUT2D eigenvalue weighted by Gasteiger charge is 2.11. The molecule has 1 unspecified atom stereocenters. The molecule has 3 heteroatoms. The van der Waals surface area contributed by atoms with Crippen LogP contribution < -0.4 is 5.32 Å². The molecule has 0 aliphatic rings. The normalized spacial score (nSPS) is 11.5. The summed E-state index contributed by atoms with van der Waals surface area (Å²) in [6.45, 7) is 7.53. The van der Waals surface area contributed by atoms with Crippen molar-refractivity contribution in [3.05, 3.63) is 106 Å². The molecule has 3 aromatic carbocycles. The summed E-state index contributed by atoms with van der Waals surface area (Å²) in [5.41, 5.74) is 8.51. The van der Waals surface area contributed by atoms with Gasteiger partial charge in [-0.25, -0.2) is 0 Å². The monoisotopic (exact) mass is 425 g/mol. The molecule has 0 saturated carbocycles. The molecule has 32 heavy (non-hydrogen) atoms. The Labute approximate surface area is 191 Å². The molecule has 0 radical (unpaired) electrons. The molecule has 0 saturated heterocycles. The summed E-state index contributed by atoms with van der Waals surface area (Å²) in [6, 6.07) is 23.4. The lowest BCUT2D eigenvalue weighted by molar-refractivity contribution is -0.136. The summed E-state index contributed by atoms with van der Waals surface area (Å²) in [7, 11) is 0. The van der Waals surface area contributed by atoms with Gasteiger partial charge < -0.3 is 10.4 Å². The number of aliphatic carboxylic acids is 1. The Morgan fingerprint density at radius 1 is 0.938 bits per heavy atom. The third kappa shape index (κ3) is 7.11. The molecule has 0 heterocycles. The van der Waals surface area contributed by atoms with E-state index < -0.39 is 5.97 Å². The van der Waals surface area contributed by atoms with Crippen molar-refractivity contribution < 1.29 is 9.90 Å². The molecule has 0 aliphatic carbocycles. The summed E-state index contributed by atoms with van der Waals surface area (Å²) in [5.74, 6) is 6.22. The summed E-state index contributed by atoms with van der Waals surface area (Å²) in [5, 5.41) is 11.9. The van der Waals surface area contributed by atoms with Crippen molar-refractivity contribution >= 4 is 5.97 Å². The summed E-state index contributed by atoms with van der Waals surface area (Å²) in [4.78, 5) is 10.6. The van der Waals surface area contributed by atoms with Crippen molar-refractivity contribution in [2.24, 2.45) is 0 Å². The molecule has 2 N–H and O–H groups in total. The third-order valence-electron chi connectivity index (χ3n) is 5.65. The second-order valence-corrected chi connectivity index (χ2v) is 8.38. The van der Waals surface area contributed by atoms with Gasteiger partial charge in [-0.3, -0.25) is 4.79 Å². The van der Waals surface area contributed by atoms with Crippen molar-refractivity contribution in [3.8, 4) is 11.8 Å². The predicted octanol–water partition coefficient (Wildman–Crippen LogP) is 5.55. The SMILES string of the molecule is Cc1cccc(C(C#Cc2ccc(CNCCC(=O)O)cc2)Cc2ccc(C)c(C)c2)c1. The Hall–Kier alpha value is -3.35. The minimum absolute atomic E-state index is 0.120. The number of hydrogen-bond acceptors (Lipinski definition) is 2. The molecule has 0 amide bonds. The van der Waals surface area contributed by atoms with Crippen molar-refractivity contribution in [2.45, 2.75) is 46.1 Å². The van der Waals surface area contributed by atoms with Gasteiger partial charge >= 0.3 is 5.97 Å². The number of carboxylic acid groups (broad SMARTS) is 1. The van der Waals surface area contributed by atoms with Crippen molar-refractivity contribution in [1.82, 2.24) is 5.32 Å². The van der Waals surface area contributed by atoms with Crippen LogP contribution in [0.5, 0.6) is 0 Å². The van der Waals surface area contributed by atoms with E-state index in [1.807, 2.05) is 24.3 Å². The largest absolute Gasteiger partial charge is 0.481 e. The van der Waals surface area contributed by atoms with E-state index in [0.717, 1.165) is 17.5 Å². The minimum atomic E-state index is -0.785. The van der Waals surface area contributed by atoms with E-state index in [1.54, 1.807) is 0 Å². The van der Waals surface area contributed by atoms with Crippen molar-refractivity contribution in [2.75, 3.05) is 6.54 Å². The first-order chi connectivity index (χ1) is 15.4. The Morgan fingerprint density at radius 2 is 1.69 bits per heavy atom. The van der Waals surface area contributed by atoms with Crippen LogP contribution in [-0.2, 0) is 17.8 Å². The van der Waals surface area contributed by atoms with Gasteiger partial charge in [0.05, 0.1) is 6.42 Å². The fourth-order valence-corrected chi connectivity index (χ4v) is 3.61. The molecular formula is C29H31NO2. The van der Waals surface area contributed by atoms with Crippen LogP contribution in [0.2, 0.25) is 0 Å². The van der Waals surface area contributed by atoms with E-state index >= 15 is 0 Å². The molecule has 3 nitrogen and oxygen atoms in total. The molecule has 3 aromatic rings. The van der Waals surface area contributed by atoms with Crippen molar-refractivity contribution in [1.29, 1.82) is 0 Å². The molecule has 164 valence electrons. The van der Waals surface area contributed by atoms with Gasteiger partial charge in [-0.1, -0.05) is 72.0 Å². The first-order valence-corrected chi connectivity index (χ1v) is 11.1. The number of rotatable bonds is 8. The lowest BCUT2D eigenvalue weighted by atomic mass is 9.90. The van der Waals surface area contributed by atoms with Crippen LogP contribution in [0.15, 0.2) is 66.7 Å². The maximum Gasteiger partial charge on any atom is 0.304 e. The summed E-state index contributed by atoms with van der Waals surface area (Å²) < 4.78 is 0. The standard InChI is InChI=1S/C29H31NO2/c1-21-5-4-6-27(17-21)28(19-26-8-7-22(2)23(3)18-26)14-13-24-9-11-25(12-10-24)20-30-16-15-29(31)32/h4-12,17-18,28,30H,15-16,19-20H2,1-3H3,(H,31,32). The van der Waals surface area contributed by atoms with Gasteiger partial charge in [0, 0.05) is 24.6 Å². The lowest BCUT2D eigenvalue weighted by Crippen LogP contribution is -2.17. The molecule has 0 fully saturated rings. The average molecular weight is 426 g/mol. The van der Waals surface area contributed by atoms with Gasteiger partial charge in [0.1, 0.15) is 0 Å². The van der Waals surface area contributed by atoms with E-state index in [4.69, 9.17) is 5.11 Å². The van der Waals surface area contributed by atoms with Crippen LogP contribution in [0.3, 0.4) is 0 Å². The number of benzene rings is 3. The Balaban J connectivity index is 1.75. The van der Waals surface area contributed by atoms with E-state index in [9.17, 15) is 4.79 Å². The first kappa shape index (κ1) is 23.3. The highest BCUT2D eigenvalue weighted by Crippen LogP contribution is 2.23. The second kappa shape index (κ2) is 11.3. The molecule has 0 bridgehead atoms. The van der Waals surface area contributed by atoms with Crippen molar-refractivity contribution in [3.63, 3.8) is 0 Å². The van der Waals surface area contributed by atoms with Crippen LogP contribution in [0.4, 0.5) is 0 Å². The zero-order valence-electron chi connectivity index (χ0n) is 19.1. The Morgan fingerprint density at radius 3 is 2.38 bits per heavy atom. The van der Waals surface area contributed by atoms with Gasteiger partial charge in [-0.2, -0.15) is 0 Å². The predicted molar refractivity (Wildman–Crippen MR) is 131 cm³/mol. The van der Waals surface area contributed by atoms with Crippen LogP contribution in [0.25, 0.3) is 0 Å². The molecule has 0 aromatic heterocycles. The highest BCUT2D eigenvalue weighted by molar-refractivity contribution is 5.66. The maximum atomic E-state index is 10.6. The fraction of sp³-hybridized carbons (Fsp3) is 0.276. The quantitative estimate of drug-likeness (QED) is 0.367. The van der Waals surface area contributed by atoms with E-state index in [1.165, 1.54) is 27.8 Å². The zero-order valence-corrected chi connectivity index (χ0v) is 19.1. The van der Waals surface area contributed by atoms with Gasteiger partial charge in [0.2, 0.25) is 0 Å². The lowest BCUT2D eigenvalue weighted by Gasteiger charge is -2.13. The fourth-order valence-electron chi connectivity index (χ4n) is 3.61. The summed E-state index contributed by atoms with van der Waals surface area (Å²) >= 11 is 0. The van der Waals surface area contributed by atoms with Crippen LogP contribution in [0, 0.1) is 32.6 Å². The maximum absolute atomic E-state index is 10.6. The van der Waals surface area contributed by atoms with E-state index in [2.05, 4.69) is 80.4 Å². The summed E-state index contributed by atoms with van der Waals surface area (Å²) in [6.07, 6.45) is 1.01. The number of nitrogens with one attached hydrogen (secondary N) is 1. The van der Waals surface area contributed by atoms with Crippen LogP contribution in [-0.4, -0.2) is 17.6 Å². The number of carboxylic acids is 1. The number of carbonyl (C=O) groups is 1. The van der Waals surface area contributed by atoms with E-state index in [0.29, 0.717) is 13.1 Å². The van der Waals surface area contributed by atoms with Gasteiger partial charge in [0.15, 0.2) is 0 Å². The third-order valence-corrected chi connectivity index (χ3v) is 5.65. The minimum Gasteiger partial charge on any atom is -0.481 e. The average Bonchev–Trinajstić information content (AvgIpc) is 2.77. The van der Waals surface area contributed by atoms with Crippen LogP contribution >= 0.6 is 0 Å². The van der Waals surface area contributed by atoms with E-state index in [-0.39, 0.29) is 12.3 Å². The van der Waals surface area contributed by atoms with Gasteiger partial charge in [-0.05, 0) is 67.1 Å². The van der Waals surface area contributed by atoms with Crippen LogP contribution in [0.1, 0.15) is 51.3 Å². The zero-order chi connectivity index (χ0) is 22.9. The molecule has 0 spiro atoms. The number of aryl methyl sites for hydroxylation is 3. The smallest absolute Gasteiger partial charge is 0.304 e. The highest BCUT2D eigenvalue weighted by atomic mass is 16.4. The second-order valence-electron chi connectivity index (χ2n) is 8.38. The molecule has 0 aliphatic heterocycles. The topological polar surface area (TPSA) is 49.3 Å². The molecule has 1 atom stereocenters. The first-order valence-electron chi connectivity index (χ1n) is 11.1. The Kier molecular flexibility index (Phi) is 8.25. The Bertz CT molecular complexity index is 1120. The molecular weight excluding hydrogens is 394 g/mol.